The van der Waals surface area contributed by atoms with Gasteiger partial charge in [0.25, 0.3) is 0 Å². The summed E-state index contributed by atoms with van der Waals surface area (Å²) in [6.45, 7) is 0. The van der Waals surface area contributed by atoms with Crippen LogP contribution in [0.4, 0.5) is 0 Å². The molecule has 2 radical (unpaired) electrons. The van der Waals surface area contributed by atoms with Crippen LogP contribution in [0.5, 0.6) is 0 Å². The van der Waals surface area contributed by atoms with Gasteiger partial charge in [-0.1, -0.05) is 0 Å². The molecule has 0 heterocycles. The summed E-state index contributed by atoms with van der Waals surface area (Å²) in [7, 11) is -10.3. The molecule has 0 atom stereocenters. The minimum absolute atomic E-state index is 0. The monoisotopic (exact) mass is 369 g/mol. The van der Waals surface area contributed by atoms with Crippen molar-refractivity contribution >= 4 is 20.8 Å². The topological polar surface area (TPSA) is 287 Å². The summed E-state index contributed by atoms with van der Waals surface area (Å²) in [5, 5.41) is 0. The molecule has 104 valence electrons. The minimum atomic E-state index is -5.17. The molecule has 0 saturated carbocycles. The third kappa shape index (κ3) is 6810. The van der Waals surface area contributed by atoms with Crippen LogP contribution in [-0.4, -0.2) is 51.5 Å². The van der Waals surface area contributed by atoms with Gasteiger partial charge in [-0.15, -0.1) is 0 Å². The van der Waals surface area contributed by atoms with Crippen LogP contribution < -0.4 is 6.15 Å². The maximum atomic E-state index is 8.52. The predicted octanol–water partition coefficient (Wildman–Crippen LogP) is -2.84. The molecule has 16 heteroatoms. The van der Waals surface area contributed by atoms with Crippen molar-refractivity contribution in [3.8, 4) is 0 Å². The third-order valence-electron chi connectivity index (χ3n) is 0. The molecule has 0 unspecified atom stereocenters. The van der Waals surface area contributed by atoms with E-state index < -0.39 is 20.8 Å². The number of quaternary nitrogens is 1. The first-order valence-corrected chi connectivity index (χ1v) is 4.00. The summed E-state index contributed by atoms with van der Waals surface area (Å²) in [6.07, 6.45) is 0. The fourth-order valence-corrected chi connectivity index (χ4v) is 0. The van der Waals surface area contributed by atoms with E-state index in [-0.39, 0.29) is 57.0 Å². The van der Waals surface area contributed by atoms with Gasteiger partial charge in [-0.3, -0.25) is 16.8 Å². The summed E-state index contributed by atoms with van der Waals surface area (Å²) in [5.74, 6) is 0. The molecule has 0 saturated heterocycles. The van der Waals surface area contributed by atoms with E-state index in [0.29, 0.717) is 0 Å². The van der Waals surface area contributed by atoms with E-state index in [0.717, 1.165) is 0 Å². The average Bonchev–Trinajstić information content (AvgIpc) is 1.12. The van der Waals surface area contributed by atoms with Crippen molar-refractivity contribution in [1.82, 2.24) is 6.15 Å². The van der Waals surface area contributed by atoms with Gasteiger partial charge in [0, 0.05) is 20.8 Å². The van der Waals surface area contributed by atoms with Crippen molar-refractivity contribution in [3.63, 3.8) is 0 Å². The first-order valence-electron chi connectivity index (χ1n) is 1.33. The van der Waals surface area contributed by atoms with Crippen LogP contribution in [0.15, 0.2) is 0 Å². The van der Waals surface area contributed by atoms with Crippen LogP contribution in [-0.2, 0) is 55.2 Å². The van der Waals surface area contributed by atoms with Gasteiger partial charge in [0.2, 0.25) is 0 Å². The van der Waals surface area contributed by atoms with Crippen molar-refractivity contribution < 1.29 is 85.9 Å². The van der Waals surface area contributed by atoms with Gasteiger partial charge in [-0.05, 0) is 0 Å². The summed E-state index contributed by atoms with van der Waals surface area (Å²) >= 11 is 0. The van der Waals surface area contributed by atoms with Gasteiger partial charge in [0.1, 0.15) is 0 Å². The summed E-state index contributed by atoms with van der Waals surface area (Å²) in [6, 6.07) is 0. The van der Waals surface area contributed by atoms with E-state index in [1.165, 1.54) is 0 Å². The Morgan fingerprint density at radius 3 is 0.625 bits per heavy atom. The summed E-state index contributed by atoms with van der Waals surface area (Å²) < 4.78 is 68.2. The fourth-order valence-electron chi connectivity index (χ4n) is 0. The second kappa shape index (κ2) is 21.0. The molecule has 0 spiro atoms. The van der Waals surface area contributed by atoms with Crippen LogP contribution >= 0.6 is 0 Å². The molecule has 0 aromatic heterocycles. The van der Waals surface area contributed by atoms with Crippen molar-refractivity contribution in [2.45, 2.75) is 0 Å². The Balaban J connectivity index is -0.00000000970. The molecule has 0 aliphatic rings. The Morgan fingerprint density at radius 2 is 0.625 bits per heavy atom. The van der Waals surface area contributed by atoms with Gasteiger partial charge in [-0.25, -0.2) is 0 Å². The van der Waals surface area contributed by atoms with Gasteiger partial charge in [-0.2, -0.15) is 0 Å². The van der Waals surface area contributed by atoms with E-state index in [1.54, 1.807) is 0 Å². The molecule has 0 aromatic rings. The normalized spacial score (nSPS) is 7.25. The zero-order chi connectivity index (χ0) is 9.00. The van der Waals surface area contributed by atoms with Gasteiger partial charge < -0.3 is 40.8 Å². The Bertz CT molecular complexity index is 220. The first kappa shape index (κ1) is 54.5. The molecular weight excluding hydrogens is 362 g/mol. The molecule has 0 rings (SSSR count). The Kier molecular flexibility index (Phi) is 71.5. The SMILES string of the molecule is O=S(=O)([O-])[O-].O=S(=O)([O-])[O-].[Cr+3].[Fe+3].[NH4+].[OH-].[OH-].[OH-]. The maximum Gasteiger partial charge on any atom is 3.00 e. The van der Waals surface area contributed by atoms with Crippen molar-refractivity contribution in [2.24, 2.45) is 0 Å². The average molecular weight is 369 g/mol. The zero-order valence-corrected chi connectivity index (χ0v) is 11.2. The molecule has 0 aliphatic heterocycles. The molecule has 0 aliphatic carbocycles. The van der Waals surface area contributed by atoms with E-state index in [1.807, 2.05) is 0 Å². The van der Waals surface area contributed by atoms with Crippen LogP contribution in [0.1, 0.15) is 0 Å². The summed E-state index contributed by atoms with van der Waals surface area (Å²) in [4.78, 5) is 0. The van der Waals surface area contributed by atoms with Crippen LogP contribution in [0.25, 0.3) is 0 Å². The maximum absolute atomic E-state index is 8.52. The van der Waals surface area contributed by atoms with Crippen LogP contribution in [0.3, 0.4) is 0 Å². The van der Waals surface area contributed by atoms with E-state index >= 15 is 0 Å². The first-order chi connectivity index (χ1) is 4.00. The molecule has 16 heavy (non-hydrogen) atoms. The molecule has 0 bridgehead atoms. The van der Waals surface area contributed by atoms with E-state index in [4.69, 9.17) is 35.0 Å². The molecule has 12 nitrogen and oxygen atoms in total. The quantitative estimate of drug-likeness (QED) is 0.257. The molecular formula is H7CrFeNO11S2. The van der Waals surface area contributed by atoms with E-state index in [9.17, 15) is 0 Å². The van der Waals surface area contributed by atoms with Crippen molar-refractivity contribution in [2.75, 3.05) is 0 Å². The number of hydrogen-bond acceptors (Lipinski definition) is 11. The molecule has 7 N–H and O–H groups in total. The Morgan fingerprint density at radius 1 is 0.625 bits per heavy atom. The summed E-state index contributed by atoms with van der Waals surface area (Å²) in [5.41, 5.74) is 0. The third-order valence-corrected chi connectivity index (χ3v) is 0. The standard InChI is InChI=1S/Cr.Fe.H3N.2H2O4S.3H2O/c;;;2*1-5(2,3)4;;;/h;;1H3;2*(H2,1,2,3,4);3*1H2/q2*+3;;;;;;/p-6. The van der Waals surface area contributed by atoms with Gasteiger partial charge in [0.05, 0.1) is 0 Å². The number of hydrogen-bond donors (Lipinski definition) is 1. The molecule has 0 amide bonds. The second-order valence-corrected chi connectivity index (χ2v) is 2.45. The van der Waals surface area contributed by atoms with Crippen LogP contribution in [0, 0.1) is 0 Å². The smallest absolute Gasteiger partial charge is 0.870 e. The zero-order valence-electron chi connectivity index (χ0n) is 7.19. The molecule has 0 fully saturated rings. The van der Waals surface area contributed by atoms with E-state index in [2.05, 4.69) is 0 Å². The van der Waals surface area contributed by atoms with Crippen LogP contribution in [0.2, 0.25) is 0 Å². The van der Waals surface area contributed by atoms with Gasteiger partial charge >= 0.3 is 34.4 Å². The fraction of sp³-hybridized carbons (Fsp3) is 0. The largest absolute Gasteiger partial charge is 3.00 e. The van der Waals surface area contributed by atoms with Gasteiger partial charge in [0.15, 0.2) is 0 Å². The molecule has 0 aromatic carbocycles. The van der Waals surface area contributed by atoms with Crippen molar-refractivity contribution in [1.29, 1.82) is 0 Å². The van der Waals surface area contributed by atoms with Crippen molar-refractivity contribution in [3.05, 3.63) is 0 Å². The Labute approximate surface area is 113 Å². The predicted molar refractivity (Wildman–Crippen MR) is 32.7 cm³/mol. The second-order valence-electron chi connectivity index (χ2n) is 0.816. The minimum Gasteiger partial charge on any atom is -0.870 e. The Hall–Kier alpha value is 0.632. The number of rotatable bonds is 0.